The number of carbonyl (C=O) groups excluding carboxylic acids is 2. The Morgan fingerprint density at radius 1 is 0.857 bits per heavy atom. The molecule has 0 radical (unpaired) electrons. The summed E-state index contributed by atoms with van der Waals surface area (Å²) in [6.45, 7) is 0.328. The molecule has 2 aliphatic rings. The maximum absolute atomic E-state index is 13.6. The lowest BCUT2D eigenvalue weighted by Crippen LogP contribution is -2.61. The molecule has 0 aliphatic carbocycles. The number of benzene rings is 3. The number of anilines is 2. The number of hydrogen-bond donors (Lipinski definition) is 1. The van der Waals surface area contributed by atoms with Crippen LogP contribution in [0.4, 0.5) is 11.4 Å². The van der Waals surface area contributed by atoms with Gasteiger partial charge in [-0.2, -0.15) is 0 Å². The topological polar surface area (TPSA) is 52.7 Å². The highest BCUT2D eigenvalue weighted by Gasteiger charge is 2.58. The minimum absolute atomic E-state index is 0.156. The van der Waals surface area contributed by atoms with Crippen LogP contribution in [0.3, 0.4) is 0 Å². The number of fused-ring (bicyclic) bond motifs is 3. The maximum Gasteiger partial charge on any atom is 0.278 e. The van der Waals surface area contributed by atoms with E-state index in [4.69, 9.17) is 0 Å². The number of para-hydroxylation sites is 2. The Kier molecular flexibility index (Phi) is 3.52. The average molecular weight is 369 g/mol. The van der Waals surface area contributed by atoms with Gasteiger partial charge in [0.15, 0.2) is 0 Å². The van der Waals surface area contributed by atoms with Gasteiger partial charge < -0.3 is 10.2 Å². The van der Waals surface area contributed by atoms with E-state index < -0.39 is 5.66 Å². The molecule has 3 aromatic rings. The minimum Gasteiger partial charge on any atom is -0.350 e. The van der Waals surface area contributed by atoms with Gasteiger partial charge in [-0.25, -0.2) is 0 Å². The maximum atomic E-state index is 13.6. The van der Waals surface area contributed by atoms with E-state index >= 15 is 0 Å². The summed E-state index contributed by atoms with van der Waals surface area (Å²) in [5.74, 6) is -0.316. The molecule has 0 bridgehead atoms. The summed E-state index contributed by atoms with van der Waals surface area (Å²) >= 11 is 0. The van der Waals surface area contributed by atoms with E-state index in [0.717, 1.165) is 16.8 Å². The molecule has 0 saturated carbocycles. The minimum atomic E-state index is -1.26. The lowest BCUT2D eigenvalue weighted by Gasteiger charge is -2.45. The third-order valence-electron chi connectivity index (χ3n) is 5.58. The summed E-state index contributed by atoms with van der Waals surface area (Å²) in [5.41, 5.74) is 2.56. The lowest BCUT2D eigenvalue weighted by atomic mass is 9.92. The second-order valence-electron chi connectivity index (χ2n) is 7.14. The van der Waals surface area contributed by atoms with Crippen LogP contribution in [-0.4, -0.2) is 23.8 Å². The number of amides is 2. The molecule has 2 heterocycles. The van der Waals surface area contributed by atoms with E-state index in [0.29, 0.717) is 17.8 Å². The predicted octanol–water partition coefficient (Wildman–Crippen LogP) is 3.58. The highest BCUT2D eigenvalue weighted by Crippen LogP contribution is 2.47. The van der Waals surface area contributed by atoms with Crippen molar-refractivity contribution >= 4 is 23.2 Å². The third kappa shape index (κ3) is 2.13. The van der Waals surface area contributed by atoms with Gasteiger partial charge in [-0.1, -0.05) is 60.7 Å². The van der Waals surface area contributed by atoms with Crippen LogP contribution in [0, 0.1) is 0 Å². The molecule has 0 saturated heterocycles. The van der Waals surface area contributed by atoms with Crippen LogP contribution in [0.15, 0.2) is 78.9 Å². The van der Waals surface area contributed by atoms with Gasteiger partial charge in [-0.05, 0) is 23.8 Å². The molecular weight excluding hydrogens is 350 g/mol. The molecule has 0 unspecified atom stereocenters. The van der Waals surface area contributed by atoms with Crippen molar-refractivity contribution in [2.75, 3.05) is 17.3 Å². The van der Waals surface area contributed by atoms with Crippen LogP contribution < -0.4 is 10.2 Å². The number of nitrogens with one attached hydrogen (secondary N) is 1. The van der Waals surface area contributed by atoms with Crippen LogP contribution in [0.1, 0.15) is 21.5 Å². The van der Waals surface area contributed by atoms with Crippen molar-refractivity contribution in [3.05, 3.63) is 95.6 Å². The SMILES string of the molecule is CN1C(=O)[C@]2(Nc3ccccc3C(=O)N2Cc2ccccc2)c2ccccc21. The monoisotopic (exact) mass is 369 g/mol. The van der Waals surface area contributed by atoms with Gasteiger partial charge in [0.1, 0.15) is 0 Å². The summed E-state index contributed by atoms with van der Waals surface area (Å²) in [6, 6.07) is 24.8. The molecule has 138 valence electrons. The Bertz CT molecular complexity index is 1100. The zero-order chi connectivity index (χ0) is 19.3. The van der Waals surface area contributed by atoms with Gasteiger partial charge in [0.2, 0.25) is 5.66 Å². The second kappa shape index (κ2) is 5.96. The average Bonchev–Trinajstić information content (AvgIpc) is 2.95. The molecule has 1 atom stereocenters. The first-order valence-electron chi connectivity index (χ1n) is 9.24. The number of hydrogen-bond acceptors (Lipinski definition) is 3. The van der Waals surface area contributed by atoms with Crippen molar-refractivity contribution < 1.29 is 9.59 Å². The zero-order valence-electron chi connectivity index (χ0n) is 15.4. The van der Waals surface area contributed by atoms with Gasteiger partial charge in [-0.3, -0.25) is 14.5 Å². The lowest BCUT2D eigenvalue weighted by molar-refractivity contribution is -0.127. The summed E-state index contributed by atoms with van der Waals surface area (Å²) < 4.78 is 0. The fourth-order valence-electron chi connectivity index (χ4n) is 4.22. The normalized spacial score (nSPS) is 20.2. The third-order valence-corrected chi connectivity index (χ3v) is 5.58. The largest absolute Gasteiger partial charge is 0.350 e. The van der Waals surface area contributed by atoms with Crippen molar-refractivity contribution in [3.8, 4) is 0 Å². The number of carbonyl (C=O) groups is 2. The fraction of sp³-hybridized carbons (Fsp3) is 0.130. The van der Waals surface area contributed by atoms with Gasteiger partial charge >= 0.3 is 0 Å². The van der Waals surface area contributed by atoms with E-state index in [1.54, 1.807) is 22.9 Å². The first-order chi connectivity index (χ1) is 13.6. The molecule has 28 heavy (non-hydrogen) atoms. The van der Waals surface area contributed by atoms with Gasteiger partial charge in [0.25, 0.3) is 11.8 Å². The molecule has 5 heteroatoms. The predicted molar refractivity (Wildman–Crippen MR) is 108 cm³/mol. The highest BCUT2D eigenvalue weighted by molar-refractivity contribution is 6.15. The van der Waals surface area contributed by atoms with Gasteiger partial charge in [0.05, 0.1) is 11.3 Å². The Balaban J connectivity index is 1.74. The smallest absolute Gasteiger partial charge is 0.278 e. The zero-order valence-corrected chi connectivity index (χ0v) is 15.4. The van der Waals surface area contributed by atoms with Gasteiger partial charge in [0, 0.05) is 24.8 Å². The Morgan fingerprint density at radius 3 is 2.36 bits per heavy atom. The standard InChI is InChI=1S/C23H19N3O2/c1-25-20-14-8-6-12-18(20)23(22(25)28)24-19-13-7-5-11-17(19)21(27)26(23)15-16-9-3-2-4-10-16/h2-14,24H,15H2,1H3/t23-/m0/s1. The molecule has 0 fully saturated rings. The molecule has 2 amide bonds. The van der Waals surface area contributed by atoms with Crippen molar-refractivity contribution in [1.82, 2.24) is 4.90 Å². The number of rotatable bonds is 2. The van der Waals surface area contributed by atoms with E-state index in [2.05, 4.69) is 5.32 Å². The summed E-state index contributed by atoms with van der Waals surface area (Å²) in [5, 5.41) is 3.42. The van der Waals surface area contributed by atoms with Crippen LogP contribution >= 0.6 is 0 Å². The molecule has 2 aliphatic heterocycles. The van der Waals surface area contributed by atoms with Crippen molar-refractivity contribution in [2.45, 2.75) is 12.2 Å². The Labute approximate surface area is 163 Å². The van der Waals surface area contributed by atoms with E-state index in [1.807, 2.05) is 72.8 Å². The van der Waals surface area contributed by atoms with Crippen LogP contribution in [-0.2, 0) is 17.0 Å². The highest BCUT2D eigenvalue weighted by atomic mass is 16.2. The molecule has 1 spiro atoms. The van der Waals surface area contributed by atoms with Crippen LogP contribution in [0.5, 0.6) is 0 Å². The first-order valence-corrected chi connectivity index (χ1v) is 9.24. The van der Waals surface area contributed by atoms with E-state index in [9.17, 15) is 9.59 Å². The summed E-state index contributed by atoms with van der Waals surface area (Å²) in [6.07, 6.45) is 0. The quantitative estimate of drug-likeness (QED) is 0.751. The number of likely N-dealkylation sites (N-methyl/N-ethyl adjacent to an activating group) is 1. The molecule has 3 aromatic carbocycles. The molecule has 0 aromatic heterocycles. The Morgan fingerprint density at radius 2 is 1.54 bits per heavy atom. The summed E-state index contributed by atoms with van der Waals surface area (Å²) in [7, 11) is 1.75. The first kappa shape index (κ1) is 16.6. The van der Waals surface area contributed by atoms with E-state index in [-0.39, 0.29) is 11.8 Å². The van der Waals surface area contributed by atoms with E-state index in [1.165, 1.54) is 0 Å². The molecule has 1 N–H and O–H groups in total. The summed E-state index contributed by atoms with van der Waals surface area (Å²) in [4.78, 5) is 30.4. The van der Waals surface area contributed by atoms with Gasteiger partial charge in [-0.15, -0.1) is 0 Å². The fourth-order valence-corrected chi connectivity index (χ4v) is 4.22. The van der Waals surface area contributed by atoms with Crippen molar-refractivity contribution in [1.29, 1.82) is 0 Å². The molecule has 5 rings (SSSR count). The Hall–Kier alpha value is -3.60. The van der Waals surface area contributed by atoms with Crippen molar-refractivity contribution in [3.63, 3.8) is 0 Å². The number of nitrogens with zero attached hydrogens (tertiary/aromatic N) is 2. The van der Waals surface area contributed by atoms with Crippen LogP contribution in [0.2, 0.25) is 0 Å². The second-order valence-corrected chi connectivity index (χ2v) is 7.14. The van der Waals surface area contributed by atoms with Crippen LogP contribution in [0.25, 0.3) is 0 Å². The molecule has 5 nitrogen and oxygen atoms in total. The molecular formula is C23H19N3O2. The van der Waals surface area contributed by atoms with Crippen molar-refractivity contribution in [2.24, 2.45) is 0 Å².